The van der Waals surface area contributed by atoms with Gasteiger partial charge in [-0.15, -0.1) is 0 Å². The van der Waals surface area contributed by atoms with Gasteiger partial charge < -0.3 is 9.72 Å². The van der Waals surface area contributed by atoms with Crippen molar-refractivity contribution in [1.82, 2.24) is 19.9 Å². The van der Waals surface area contributed by atoms with Crippen molar-refractivity contribution in [2.75, 3.05) is 6.61 Å². The lowest BCUT2D eigenvalue weighted by atomic mass is 10.0. The summed E-state index contributed by atoms with van der Waals surface area (Å²) in [6, 6.07) is 12.3. The van der Waals surface area contributed by atoms with Gasteiger partial charge in [0.05, 0.1) is 18.3 Å². The minimum Gasteiger partial charge on any atom is -0.478 e. The lowest BCUT2D eigenvalue weighted by molar-refractivity contribution is 0.289. The molecule has 0 radical (unpaired) electrons. The Morgan fingerprint density at radius 1 is 1.04 bits per heavy atom. The number of pyridine rings is 3. The summed E-state index contributed by atoms with van der Waals surface area (Å²) in [5, 5.41) is 2.20. The van der Waals surface area contributed by atoms with Crippen LogP contribution in [0.5, 0.6) is 5.88 Å². The highest BCUT2D eigenvalue weighted by atomic mass is 16.5. The van der Waals surface area contributed by atoms with Gasteiger partial charge in [-0.05, 0) is 42.7 Å². The first-order valence-corrected chi connectivity index (χ1v) is 9.43. The van der Waals surface area contributed by atoms with Crippen LogP contribution in [0, 0.1) is 0 Å². The molecule has 0 bridgehead atoms. The molecule has 0 aromatic carbocycles. The summed E-state index contributed by atoms with van der Waals surface area (Å²) >= 11 is 0. The number of hydrogen-bond donors (Lipinski definition) is 1. The summed E-state index contributed by atoms with van der Waals surface area (Å²) in [7, 11) is 0. The van der Waals surface area contributed by atoms with Crippen molar-refractivity contribution in [2.24, 2.45) is 0 Å². The molecule has 4 aromatic rings. The van der Waals surface area contributed by atoms with E-state index >= 15 is 0 Å². The summed E-state index contributed by atoms with van der Waals surface area (Å²) in [6.45, 7) is 7.11. The van der Waals surface area contributed by atoms with Crippen LogP contribution in [0.3, 0.4) is 0 Å². The zero-order valence-electron chi connectivity index (χ0n) is 15.9. The molecule has 0 aliphatic carbocycles. The highest BCUT2D eigenvalue weighted by Gasteiger charge is 2.10. The number of hydrogen-bond acceptors (Lipinski definition) is 4. The molecule has 0 aliphatic rings. The summed E-state index contributed by atoms with van der Waals surface area (Å²) in [6.07, 6.45) is 4.49. The second-order valence-corrected chi connectivity index (χ2v) is 7.31. The number of nitrogens with zero attached hydrogens (tertiary/aromatic N) is 3. The van der Waals surface area contributed by atoms with Crippen LogP contribution in [0.1, 0.15) is 50.4 Å². The Kier molecular flexibility index (Phi) is 4.75. The highest BCUT2D eigenvalue weighted by molar-refractivity contribution is 5.80. The van der Waals surface area contributed by atoms with Crippen molar-refractivity contribution in [3.05, 3.63) is 60.2 Å². The van der Waals surface area contributed by atoms with Crippen molar-refractivity contribution in [3.8, 4) is 5.88 Å². The average molecular weight is 360 g/mol. The second kappa shape index (κ2) is 7.35. The standard InChI is InChI=1S/C22H24N4O/c1-14(2)19-11-17-12-21(24-13-20(17)25-19)27-10-8-15(3)18-7-6-16-5-4-9-23-22(16)26-18/h4-7,9,11-15,25H,8,10H2,1-3H3. The minimum atomic E-state index is 0.292. The van der Waals surface area contributed by atoms with Crippen molar-refractivity contribution < 1.29 is 4.74 Å². The largest absolute Gasteiger partial charge is 0.478 e. The fraction of sp³-hybridized carbons (Fsp3) is 0.318. The zero-order valence-corrected chi connectivity index (χ0v) is 15.9. The van der Waals surface area contributed by atoms with Gasteiger partial charge in [0, 0.05) is 40.3 Å². The molecule has 0 amide bonds. The van der Waals surface area contributed by atoms with E-state index in [9.17, 15) is 0 Å². The molecule has 0 saturated heterocycles. The smallest absolute Gasteiger partial charge is 0.213 e. The number of fused-ring (bicyclic) bond motifs is 2. The Bertz CT molecular complexity index is 1070. The summed E-state index contributed by atoms with van der Waals surface area (Å²) < 4.78 is 5.90. The molecule has 4 rings (SSSR count). The Hall–Kier alpha value is -2.95. The van der Waals surface area contributed by atoms with Crippen molar-refractivity contribution >= 4 is 21.9 Å². The molecule has 5 heteroatoms. The van der Waals surface area contributed by atoms with Crippen molar-refractivity contribution in [1.29, 1.82) is 0 Å². The summed E-state index contributed by atoms with van der Waals surface area (Å²) in [5.74, 6) is 1.42. The van der Waals surface area contributed by atoms with Crippen molar-refractivity contribution in [3.63, 3.8) is 0 Å². The molecular formula is C22H24N4O. The van der Waals surface area contributed by atoms with E-state index in [-0.39, 0.29) is 0 Å². The molecule has 5 nitrogen and oxygen atoms in total. The monoisotopic (exact) mass is 360 g/mol. The van der Waals surface area contributed by atoms with Crippen LogP contribution < -0.4 is 4.74 Å². The van der Waals surface area contributed by atoms with E-state index in [2.05, 4.69) is 58.9 Å². The third-order valence-corrected chi connectivity index (χ3v) is 4.91. The number of rotatable bonds is 6. The van der Waals surface area contributed by atoms with Crippen molar-refractivity contribution in [2.45, 2.75) is 39.0 Å². The summed E-state index contributed by atoms with van der Waals surface area (Å²) in [4.78, 5) is 16.8. The molecule has 1 unspecified atom stereocenters. The number of nitrogens with one attached hydrogen (secondary N) is 1. The fourth-order valence-electron chi connectivity index (χ4n) is 3.15. The van der Waals surface area contributed by atoms with Crippen LogP contribution in [0.15, 0.2) is 48.8 Å². The molecule has 0 saturated carbocycles. The van der Waals surface area contributed by atoms with Crippen LogP contribution in [-0.2, 0) is 0 Å². The number of H-pyrrole nitrogens is 1. The van der Waals surface area contributed by atoms with Gasteiger partial charge in [-0.3, -0.25) is 0 Å². The molecule has 1 N–H and O–H groups in total. The molecular weight excluding hydrogens is 336 g/mol. The third-order valence-electron chi connectivity index (χ3n) is 4.91. The van der Waals surface area contributed by atoms with E-state index < -0.39 is 0 Å². The molecule has 4 aromatic heterocycles. The lowest BCUT2D eigenvalue weighted by Crippen LogP contribution is -2.05. The van der Waals surface area contributed by atoms with Gasteiger partial charge in [-0.2, -0.15) is 0 Å². The predicted molar refractivity (Wildman–Crippen MR) is 108 cm³/mol. The van der Waals surface area contributed by atoms with Crippen LogP contribution >= 0.6 is 0 Å². The maximum atomic E-state index is 5.90. The molecule has 27 heavy (non-hydrogen) atoms. The van der Waals surface area contributed by atoms with Gasteiger partial charge in [-0.1, -0.05) is 20.8 Å². The Balaban J connectivity index is 1.40. The first-order chi connectivity index (χ1) is 13.1. The SMILES string of the molecule is CC(C)c1cc2cc(OCCC(C)c3ccc4cccnc4n3)ncc2[nH]1. The van der Waals surface area contributed by atoms with E-state index in [1.165, 1.54) is 5.69 Å². The normalized spacial score (nSPS) is 12.7. The van der Waals surface area contributed by atoms with E-state index in [4.69, 9.17) is 4.74 Å². The van der Waals surface area contributed by atoms with Crippen LogP contribution in [0.4, 0.5) is 0 Å². The highest BCUT2D eigenvalue weighted by Crippen LogP contribution is 2.24. The quantitative estimate of drug-likeness (QED) is 0.513. The molecule has 1 atom stereocenters. The zero-order chi connectivity index (χ0) is 18.8. The maximum absolute atomic E-state index is 5.90. The first-order valence-electron chi connectivity index (χ1n) is 9.43. The Morgan fingerprint density at radius 2 is 1.93 bits per heavy atom. The number of aromatic amines is 1. The fourth-order valence-corrected chi connectivity index (χ4v) is 3.15. The van der Waals surface area contributed by atoms with E-state index in [1.54, 1.807) is 6.20 Å². The molecule has 0 aliphatic heterocycles. The van der Waals surface area contributed by atoms with Crippen LogP contribution in [-0.4, -0.2) is 26.5 Å². The van der Waals surface area contributed by atoms with Gasteiger partial charge in [-0.25, -0.2) is 15.0 Å². The number of aromatic nitrogens is 4. The molecule has 0 fully saturated rings. The lowest BCUT2D eigenvalue weighted by Gasteiger charge is -2.12. The van der Waals surface area contributed by atoms with E-state index in [0.717, 1.165) is 34.1 Å². The predicted octanol–water partition coefficient (Wildman–Crippen LogP) is 5.20. The number of ether oxygens (including phenoxy) is 1. The Labute approximate surface area is 158 Å². The van der Waals surface area contributed by atoms with Crippen LogP contribution in [0.25, 0.3) is 21.9 Å². The summed E-state index contributed by atoms with van der Waals surface area (Å²) in [5.41, 5.74) is 4.10. The van der Waals surface area contributed by atoms with Gasteiger partial charge in [0.1, 0.15) is 0 Å². The van der Waals surface area contributed by atoms with E-state index in [0.29, 0.717) is 24.3 Å². The molecule has 0 spiro atoms. The minimum absolute atomic E-state index is 0.292. The molecule has 138 valence electrons. The van der Waals surface area contributed by atoms with Gasteiger partial charge in [0.15, 0.2) is 5.65 Å². The third kappa shape index (κ3) is 3.77. The van der Waals surface area contributed by atoms with E-state index in [1.807, 2.05) is 24.4 Å². The van der Waals surface area contributed by atoms with Crippen LogP contribution in [0.2, 0.25) is 0 Å². The maximum Gasteiger partial charge on any atom is 0.213 e. The topological polar surface area (TPSA) is 63.7 Å². The first kappa shape index (κ1) is 17.5. The molecule has 4 heterocycles. The average Bonchev–Trinajstić information content (AvgIpc) is 3.11. The van der Waals surface area contributed by atoms with Gasteiger partial charge in [0.2, 0.25) is 5.88 Å². The van der Waals surface area contributed by atoms with Gasteiger partial charge in [0.25, 0.3) is 0 Å². The van der Waals surface area contributed by atoms with Gasteiger partial charge >= 0.3 is 0 Å². The Morgan fingerprint density at radius 3 is 2.78 bits per heavy atom. The second-order valence-electron chi connectivity index (χ2n) is 7.31.